The summed E-state index contributed by atoms with van der Waals surface area (Å²) in [6.45, 7) is 1.39. The minimum absolute atomic E-state index is 0.176. The summed E-state index contributed by atoms with van der Waals surface area (Å²) >= 11 is 0. The van der Waals surface area contributed by atoms with E-state index in [0.717, 1.165) is 0 Å². The van der Waals surface area contributed by atoms with E-state index in [9.17, 15) is 14.0 Å². The molecular formula is C15H14FN3O2. The molecule has 0 spiro atoms. The summed E-state index contributed by atoms with van der Waals surface area (Å²) in [5.41, 5.74) is 1.24. The Morgan fingerprint density at radius 1 is 1.29 bits per heavy atom. The zero-order chi connectivity index (χ0) is 15.2. The highest BCUT2D eigenvalue weighted by molar-refractivity contribution is 5.99. The van der Waals surface area contributed by atoms with Crippen LogP contribution in [-0.2, 0) is 4.79 Å². The number of aromatic nitrogens is 1. The van der Waals surface area contributed by atoms with Crippen LogP contribution in [0.3, 0.4) is 0 Å². The third-order valence-corrected chi connectivity index (χ3v) is 2.77. The van der Waals surface area contributed by atoms with E-state index in [1.807, 2.05) is 0 Å². The Labute approximate surface area is 121 Å². The van der Waals surface area contributed by atoms with E-state index in [4.69, 9.17) is 0 Å². The maximum atomic E-state index is 13.1. The van der Waals surface area contributed by atoms with Gasteiger partial charge in [0.05, 0.1) is 18.4 Å². The molecule has 0 fully saturated rings. The Bertz CT molecular complexity index is 659. The number of rotatable bonds is 4. The number of hydrogen-bond donors (Lipinski definition) is 2. The van der Waals surface area contributed by atoms with Gasteiger partial charge in [-0.15, -0.1) is 0 Å². The van der Waals surface area contributed by atoms with Crippen LogP contribution in [0, 0.1) is 12.7 Å². The van der Waals surface area contributed by atoms with Crippen molar-refractivity contribution < 1.29 is 14.0 Å². The second-order valence-corrected chi connectivity index (χ2v) is 4.44. The third-order valence-electron chi connectivity index (χ3n) is 2.77. The first kappa shape index (κ1) is 14.6. The van der Waals surface area contributed by atoms with E-state index in [1.54, 1.807) is 25.3 Å². The van der Waals surface area contributed by atoms with Crippen molar-refractivity contribution in [2.75, 3.05) is 11.9 Å². The number of nitrogens with one attached hydrogen (secondary N) is 2. The molecule has 2 N–H and O–H groups in total. The molecule has 108 valence electrons. The first-order valence-corrected chi connectivity index (χ1v) is 6.30. The fourth-order valence-corrected chi connectivity index (χ4v) is 1.69. The van der Waals surface area contributed by atoms with Crippen molar-refractivity contribution in [1.29, 1.82) is 0 Å². The first-order chi connectivity index (χ1) is 10.1. The molecule has 21 heavy (non-hydrogen) atoms. The number of carbonyl (C=O) groups excluding carboxylic acids is 2. The molecule has 1 aromatic carbocycles. The lowest BCUT2D eigenvalue weighted by molar-refractivity contribution is -0.115. The van der Waals surface area contributed by atoms with Gasteiger partial charge in [-0.05, 0) is 42.8 Å². The lowest BCUT2D eigenvalue weighted by Crippen LogP contribution is -2.32. The minimum atomic E-state index is -0.431. The topological polar surface area (TPSA) is 71.1 Å². The van der Waals surface area contributed by atoms with Crippen molar-refractivity contribution in [3.63, 3.8) is 0 Å². The molecule has 0 saturated carbocycles. The molecular weight excluding hydrogens is 273 g/mol. The summed E-state index contributed by atoms with van der Waals surface area (Å²) < 4.78 is 13.1. The predicted molar refractivity (Wildman–Crippen MR) is 76.3 cm³/mol. The predicted octanol–water partition coefficient (Wildman–Crippen LogP) is 1.90. The van der Waals surface area contributed by atoms with Crippen LogP contribution in [-0.4, -0.2) is 23.3 Å². The number of hydrogen-bond acceptors (Lipinski definition) is 3. The first-order valence-electron chi connectivity index (χ1n) is 6.30. The van der Waals surface area contributed by atoms with Crippen molar-refractivity contribution in [3.8, 4) is 0 Å². The standard InChI is InChI=1S/C15H14FN3O2/c1-10-7-11(4-5-13(10)16)15(21)18-9-14(20)19-12-3-2-6-17-8-12/h2-8H,9H2,1H3,(H,18,21)(H,19,20). The van der Waals surface area contributed by atoms with Gasteiger partial charge in [-0.1, -0.05) is 0 Å². The molecule has 0 atom stereocenters. The number of benzene rings is 1. The quantitative estimate of drug-likeness (QED) is 0.902. The number of pyridine rings is 1. The van der Waals surface area contributed by atoms with E-state index >= 15 is 0 Å². The van der Waals surface area contributed by atoms with Crippen LogP contribution in [0.4, 0.5) is 10.1 Å². The Morgan fingerprint density at radius 3 is 2.76 bits per heavy atom. The molecule has 0 aliphatic rings. The third kappa shape index (κ3) is 4.10. The van der Waals surface area contributed by atoms with E-state index in [1.165, 1.54) is 24.4 Å². The van der Waals surface area contributed by atoms with Crippen molar-refractivity contribution in [3.05, 3.63) is 59.7 Å². The second kappa shape index (κ2) is 6.60. The average molecular weight is 287 g/mol. The van der Waals surface area contributed by atoms with Crippen LogP contribution in [0.5, 0.6) is 0 Å². The van der Waals surface area contributed by atoms with Crippen LogP contribution in [0.2, 0.25) is 0 Å². The Kier molecular flexibility index (Phi) is 4.61. The number of amides is 2. The van der Waals surface area contributed by atoms with E-state index in [0.29, 0.717) is 16.8 Å². The van der Waals surface area contributed by atoms with Gasteiger partial charge in [0, 0.05) is 11.8 Å². The van der Waals surface area contributed by atoms with Crippen LogP contribution >= 0.6 is 0 Å². The second-order valence-electron chi connectivity index (χ2n) is 4.44. The summed E-state index contributed by atoms with van der Waals surface area (Å²) in [5, 5.41) is 5.06. The lowest BCUT2D eigenvalue weighted by atomic mass is 10.1. The highest BCUT2D eigenvalue weighted by atomic mass is 19.1. The molecule has 5 nitrogen and oxygen atoms in total. The van der Waals surface area contributed by atoms with Gasteiger partial charge in [0.1, 0.15) is 5.82 Å². The normalized spacial score (nSPS) is 10.0. The fraction of sp³-hybridized carbons (Fsp3) is 0.133. The summed E-state index contributed by atoms with van der Waals surface area (Å²) in [5.74, 6) is -1.17. The van der Waals surface area contributed by atoms with Gasteiger partial charge in [-0.3, -0.25) is 14.6 Å². The molecule has 0 unspecified atom stereocenters. The molecule has 0 bridgehead atoms. The van der Waals surface area contributed by atoms with Crippen LogP contribution in [0.25, 0.3) is 0 Å². The van der Waals surface area contributed by atoms with Crippen LogP contribution in [0.15, 0.2) is 42.7 Å². The molecule has 1 heterocycles. The molecule has 0 saturated heterocycles. The fourth-order valence-electron chi connectivity index (χ4n) is 1.69. The zero-order valence-electron chi connectivity index (χ0n) is 11.4. The number of anilines is 1. The van der Waals surface area contributed by atoms with E-state index in [2.05, 4.69) is 15.6 Å². The molecule has 0 radical (unpaired) electrons. The number of aryl methyl sites for hydroxylation is 1. The highest BCUT2D eigenvalue weighted by Crippen LogP contribution is 2.09. The largest absolute Gasteiger partial charge is 0.343 e. The van der Waals surface area contributed by atoms with Gasteiger partial charge < -0.3 is 10.6 Å². The lowest BCUT2D eigenvalue weighted by Gasteiger charge is -2.07. The van der Waals surface area contributed by atoms with Crippen LogP contribution < -0.4 is 10.6 Å². The Balaban J connectivity index is 1.89. The van der Waals surface area contributed by atoms with Crippen molar-refractivity contribution in [2.24, 2.45) is 0 Å². The summed E-state index contributed by atoms with van der Waals surface area (Å²) in [4.78, 5) is 27.4. The highest BCUT2D eigenvalue weighted by Gasteiger charge is 2.09. The van der Waals surface area contributed by atoms with Crippen molar-refractivity contribution >= 4 is 17.5 Å². The number of halogens is 1. The van der Waals surface area contributed by atoms with Gasteiger partial charge in [0.2, 0.25) is 5.91 Å². The molecule has 2 aromatic rings. The van der Waals surface area contributed by atoms with Gasteiger partial charge >= 0.3 is 0 Å². The smallest absolute Gasteiger partial charge is 0.251 e. The van der Waals surface area contributed by atoms with Gasteiger partial charge in [-0.25, -0.2) is 4.39 Å². The van der Waals surface area contributed by atoms with Gasteiger partial charge in [0.25, 0.3) is 5.91 Å². The average Bonchev–Trinajstić information content (AvgIpc) is 2.48. The number of carbonyl (C=O) groups is 2. The SMILES string of the molecule is Cc1cc(C(=O)NCC(=O)Nc2cccnc2)ccc1F. The molecule has 0 aliphatic heterocycles. The van der Waals surface area contributed by atoms with E-state index in [-0.39, 0.29) is 18.3 Å². The minimum Gasteiger partial charge on any atom is -0.343 e. The summed E-state index contributed by atoms with van der Waals surface area (Å²) in [7, 11) is 0. The Morgan fingerprint density at radius 2 is 2.10 bits per heavy atom. The number of nitrogens with zero attached hydrogens (tertiary/aromatic N) is 1. The zero-order valence-corrected chi connectivity index (χ0v) is 11.4. The summed E-state index contributed by atoms with van der Waals surface area (Å²) in [6.07, 6.45) is 3.09. The summed E-state index contributed by atoms with van der Waals surface area (Å²) in [6, 6.07) is 7.41. The van der Waals surface area contributed by atoms with Crippen molar-refractivity contribution in [1.82, 2.24) is 10.3 Å². The van der Waals surface area contributed by atoms with Gasteiger partial charge in [-0.2, -0.15) is 0 Å². The monoisotopic (exact) mass is 287 g/mol. The maximum absolute atomic E-state index is 13.1. The molecule has 6 heteroatoms. The van der Waals surface area contributed by atoms with E-state index < -0.39 is 5.91 Å². The van der Waals surface area contributed by atoms with Gasteiger partial charge in [0.15, 0.2) is 0 Å². The van der Waals surface area contributed by atoms with Crippen LogP contribution in [0.1, 0.15) is 15.9 Å². The Hall–Kier alpha value is -2.76. The maximum Gasteiger partial charge on any atom is 0.251 e. The molecule has 0 aliphatic carbocycles. The molecule has 2 rings (SSSR count). The molecule has 2 amide bonds. The molecule has 1 aromatic heterocycles. The van der Waals surface area contributed by atoms with Crippen molar-refractivity contribution in [2.45, 2.75) is 6.92 Å².